The predicted molar refractivity (Wildman–Crippen MR) is 150 cm³/mol. The molecule has 2 amide bonds. The molecule has 3 rings (SSSR count). The lowest BCUT2D eigenvalue weighted by atomic mass is 9.86. The highest BCUT2D eigenvalue weighted by Gasteiger charge is 2.39. The SMILES string of the molecule is CC(C)[C@@H](CO)NC(=O)[C@H](CCC(c1ccccc1)c1ccccc1)N(C)C(=O)c1cc(C(F)(F)F)cc(C(F)(F)F)c1. The van der Waals surface area contributed by atoms with Crippen molar-refractivity contribution in [3.05, 3.63) is 107 Å². The predicted octanol–water partition coefficient (Wildman–Crippen LogP) is 6.91. The Bertz CT molecular complexity index is 1290. The minimum Gasteiger partial charge on any atom is -0.394 e. The number of carbonyl (C=O) groups is 2. The maximum absolute atomic E-state index is 13.6. The van der Waals surface area contributed by atoms with Gasteiger partial charge in [-0.1, -0.05) is 74.5 Å². The number of nitrogens with zero attached hydrogens (tertiary/aromatic N) is 1. The first-order valence-corrected chi connectivity index (χ1v) is 13.7. The van der Waals surface area contributed by atoms with Crippen LogP contribution in [0.4, 0.5) is 26.3 Å². The molecule has 0 aliphatic heterocycles. The highest BCUT2D eigenvalue weighted by molar-refractivity contribution is 5.97. The van der Waals surface area contributed by atoms with E-state index in [1.54, 1.807) is 13.8 Å². The number of hydrogen-bond acceptors (Lipinski definition) is 3. The zero-order valence-electron chi connectivity index (χ0n) is 23.9. The Morgan fingerprint density at radius 1 is 0.791 bits per heavy atom. The molecule has 0 saturated carbocycles. The summed E-state index contributed by atoms with van der Waals surface area (Å²) in [6, 6.07) is 17.4. The molecule has 0 aromatic heterocycles. The van der Waals surface area contributed by atoms with Crippen LogP contribution in [0.1, 0.15) is 65.2 Å². The second-order valence-corrected chi connectivity index (χ2v) is 10.7. The number of aliphatic hydroxyl groups is 1. The number of benzene rings is 3. The summed E-state index contributed by atoms with van der Waals surface area (Å²) in [5.74, 6) is -2.30. The maximum atomic E-state index is 13.6. The summed E-state index contributed by atoms with van der Waals surface area (Å²) in [5.41, 5.74) is -2.27. The molecular weight excluding hydrogens is 574 g/mol. The van der Waals surface area contributed by atoms with E-state index in [-0.39, 0.29) is 24.3 Å². The minimum absolute atomic E-state index is 0.0177. The smallest absolute Gasteiger partial charge is 0.394 e. The van der Waals surface area contributed by atoms with Crippen molar-refractivity contribution >= 4 is 11.8 Å². The van der Waals surface area contributed by atoms with Crippen LogP contribution < -0.4 is 5.32 Å². The van der Waals surface area contributed by atoms with Crippen molar-refractivity contribution in [1.82, 2.24) is 10.2 Å². The van der Waals surface area contributed by atoms with Gasteiger partial charge in [-0.25, -0.2) is 0 Å². The largest absolute Gasteiger partial charge is 0.416 e. The molecule has 43 heavy (non-hydrogen) atoms. The average molecular weight is 609 g/mol. The van der Waals surface area contributed by atoms with Crippen LogP contribution in [0.5, 0.6) is 0 Å². The van der Waals surface area contributed by atoms with Gasteiger partial charge in [0.2, 0.25) is 5.91 Å². The molecule has 0 heterocycles. The number of rotatable bonds is 11. The molecule has 0 radical (unpaired) electrons. The number of alkyl halides is 6. The van der Waals surface area contributed by atoms with Gasteiger partial charge in [0.05, 0.1) is 23.8 Å². The van der Waals surface area contributed by atoms with Gasteiger partial charge in [0.25, 0.3) is 5.91 Å². The van der Waals surface area contributed by atoms with Gasteiger partial charge in [0.15, 0.2) is 0 Å². The molecule has 0 saturated heterocycles. The van der Waals surface area contributed by atoms with Gasteiger partial charge in [-0.15, -0.1) is 0 Å². The molecule has 0 spiro atoms. The summed E-state index contributed by atoms with van der Waals surface area (Å²) in [4.78, 5) is 27.9. The summed E-state index contributed by atoms with van der Waals surface area (Å²) in [6.45, 7) is 3.10. The van der Waals surface area contributed by atoms with Crippen molar-refractivity contribution in [1.29, 1.82) is 0 Å². The maximum Gasteiger partial charge on any atom is 0.416 e. The van der Waals surface area contributed by atoms with Crippen LogP contribution >= 0.6 is 0 Å². The van der Waals surface area contributed by atoms with Gasteiger partial charge < -0.3 is 15.3 Å². The van der Waals surface area contributed by atoms with Crippen LogP contribution in [0.3, 0.4) is 0 Å². The van der Waals surface area contributed by atoms with E-state index in [1.807, 2.05) is 60.7 Å². The van der Waals surface area contributed by atoms with Crippen molar-refractivity contribution in [2.24, 2.45) is 5.92 Å². The molecule has 0 unspecified atom stereocenters. The van der Waals surface area contributed by atoms with Crippen LogP contribution in [0.15, 0.2) is 78.9 Å². The Morgan fingerprint density at radius 3 is 1.65 bits per heavy atom. The van der Waals surface area contributed by atoms with Crippen molar-refractivity contribution in [2.45, 2.75) is 57.0 Å². The Morgan fingerprint density at radius 2 is 1.26 bits per heavy atom. The lowest BCUT2D eigenvalue weighted by Crippen LogP contribution is -2.52. The van der Waals surface area contributed by atoms with E-state index < -0.39 is 59.5 Å². The first kappa shape index (κ1) is 33.6. The number of hydrogen-bond donors (Lipinski definition) is 2. The van der Waals surface area contributed by atoms with Gasteiger partial charge in [-0.05, 0) is 48.1 Å². The van der Waals surface area contributed by atoms with Crippen LogP contribution in [-0.2, 0) is 17.1 Å². The van der Waals surface area contributed by atoms with Crippen LogP contribution in [0.25, 0.3) is 0 Å². The van der Waals surface area contributed by atoms with E-state index in [0.717, 1.165) is 16.0 Å². The lowest BCUT2D eigenvalue weighted by Gasteiger charge is -2.31. The monoisotopic (exact) mass is 608 g/mol. The van der Waals surface area contributed by atoms with E-state index in [9.17, 15) is 41.0 Å². The van der Waals surface area contributed by atoms with Crippen molar-refractivity contribution in [3.8, 4) is 0 Å². The first-order chi connectivity index (χ1) is 20.1. The number of nitrogens with one attached hydrogen (secondary N) is 1. The van der Waals surface area contributed by atoms with E-state index in [2.05, 4.69) is 5.32 Å². The topological polar surface area (TPSA) is 69.6 Å². The molecule has 0 aliphatic rings. The molecule has 3 aromatic carbocycles. The van der Waals surface area contributed by atoms with E-state index in [0.29, 0.717) is 18.6 Å². The van der Waals surface area contributed by atoms with E-state index in [4.69, 9.17) is 0 Å². The number of aliphatic hydroxyl groups excluding tert-OH is 1. The van der Waals surface area contributed by atoms with E-state index in [1.165, 1.54) is 7.05 Å². The second kappa shape index (κ2) is 14.1. The van der Waals surface area contributed by atoms with Crippen LogP contribution in [0.2, 0.25) is 0 Å². The Hall–Kier alpha value is -3.86. The number of halogens is 6. The third kappa shape index (κ3) is 8.82. The van der Waals surface area contributed by atoms with Gasteiger partial charge in [0.1, 0.15) is 6.04 Å². The van der Waals surface area contributed by atoms with Crippen LogP contribution in [-0.4, -0.2) is 47.6 Å². The Kier molecular flexibility index (Phi) is 11.0. The molecule has 5 nitrogen and oxygen atoms in total. The average Bonchev–Trinajstić information content (AvgIpc) is 2.97. The molecule has 2 atom stereocenters. The van der Waals surface area contributed by atoms with Crippen molar-refractivity contribution in [2.75, 3.05) is 13.7 Å². The standard InChI is InChI=1S/C32H34F6N2O3/c1-20(2)27(19-41)39-29(42)28(15-14-26(21-10-6-4-7-11-21)22-12-8-5-9-13-22)40(3)30(43)23-16-24(31(33,34)35)18-25(17-23)32(36,37)38/h4-13,16-18,20,26-28,41H,14-15,19H2,1-3H3,(H,39,42)/t27-,28+/m1/s1. The normalized spacial score (nSPS) is 13.6. The van der Waals surface area contributed by atoms with Crippen molar-refractivity contribution < 1.29 is 41.0 Å². The number of likely N-dealkylation sites (N-methyl/N-ethyl adjacent to an activating group) is 1. The summed E-state index contributed by atoms with van der Waals surface area (Å²) in [5, 5.41) is 12.5. The molecule has 0 fully saturated rings. The lowest BCUT2D eigenvalue weighted by molar-refractivity contribution is -0.143. The van der Waals surface area contributed by atoms with Gasteiger partial charge in [0, 0.05) is 18.5 Å². The molecule has 0 aliphatic carbocycles. The fraction of sp³-hybridized carbons (Fsp3) is 0.375. The summed E-state index contributed by atoms with van der Waals surface area (Å²) in [7, 11) is 1.17. The van der Waals surface area contributed by atoms with Gasteiger partial charge >= 0.3 is 12.4 Å². The van der Waals surface area contributed by atoms with E-state index >= 15 is 0 Å². The molecule has 2 N–H and O–H groups in total. The fourth-order valence-electron chi connectivity index (χ4n) is 4.85. The second-order valence-electron chi connectivity index (χ2n) is 10.7. The van der Waals surface area contributed by atoms with Gasteiger partial charge in [-0.3, -0.25) is 9.59 Å². The zero-order valence-corrected chi connectivity index (χ0v) is 23.9. The fourth-order valence-corrected chi connectivity index (χ4v) is 4.85. The summed E-state index contributed by atoms with van der Waals surface area (Å²) < 4.78 is 81.0. The van der Waals surface area contributed by atoms with Gasteiger partial charge in [-0.2, -0.15) is 26.3 Å². The molecule has 0 bridgehead atoms. The highest BCUT2D eigenvalue weighted by Crippen LogP contribution is 2.37. The molecular formula is C32H34F6N2O3. The Balaban J connectivity index is 2.02. The summed E-state index contributed by atoms with van der Waals surface area (Å²) in [6.07, 6.45) is -9.96. The van der Waals surface area contributed by atoms with Crippen molar-refractivity contribution in [3.63, 3.8) is 0 Å². The molecule has 3 aromatic rings. The van der Waals surface area contributed by atoms with Crippen LogP contribution in [0, 0.1) is 5.92 Å². The first-order valence-electron chi connectivity index (χ1n) is 13.7. The third-order valence-corrected chi connectivity index (χ3v) is 7.39. The quantitative estimate of drug-likeness (QED) is 0.233. The zero-order chi connectivity index (χ0) is 31.9. The minimum atomic E-state index is -5.14. The number of amides is 2. The highest BCUT2D eigenvalue weighted by atomic mass is 19.4. The third-order valence-electron chi connectivity index (χ3n) is 7.39. The molecule has 11 heteroatoms. The Labute approximate surface area is 246 Å². The summed E-state index contributed by atoms with van der Waals surface area (Å²) >= 11 is 0. The molecule has 232 valence electrons. The number of carbonyl (C=O) groups excluding carboxylic acids is 2.